The van der Waals surface area contributed by atoms with E-state index in [1.54, 1.807) is 0 Å². The Morgan fingerprint density at radius 1 is 0.786 bits per heavy atom. The third-order valence-electron chi connectivity index (χ3n) is 2.44. The Hall–Kier alpha value is -0.0800. The van der Waals surface area contributed by atoms with Crippen molar-refractivity contribution in [2.75, 3.05) is 19.6 Å². The van der Waals surface area contributed by atoms with Gasteiger partial charge in [-0.05, 0) is 12.8 Å². The average molecular weight is 200 g/mol. The zero-order valence-electron chi connectivity index (χ0n) is 10.3. The molecule has 0 atom stereocenters. The van der Waals surface area contributed by atoms with Gasteiger partial charge in [0.05, 0.1) is 0 Å². The molecule has 0 aromatic carbocycles. The van der Waals surface area contributed by atoms with Gasteiger partial charge in [-0.25, -0.2) is 5.01 Å². The number of nitrogens with zero attached hydrogens (tertiary/aromatic N) is 1. The lowest BCUT2D eigenvalue weighted by atomic mass is 10.2. The molecular weight excluding hydrogens is 172 g/mol. The molecule has 1 N–H and O–H groups in total. The number of rotatable bonds is 10. The van der Waals surface area contributed by atoms with Crippen LogP contribution >= 0.6 is 0 Å². The molecule has 0 aromatic rings. The first-order valence-corrected chi connectivity index (χ1v) is 6.33. The topological polar surface area (TPSA) is 15.3 Å². The lowest BCUT2D eigenvalue weighted by Crippen LogP contribution is -2.39. The van der Waals surface area contributed by atoms with Gasteiger partial charge in [0, 0.05) is 19.6 Å². The summed E-state index contributed by atoms with van der Waals surface area (Å²) < 4.78 is 0. The maximum atomic E-state index is 3.43. The second-order valence-electron chi connectivity index (χ2n) is 3.91. The van der Waals surface area contributed by atoms with Gasteiger partial charge in [-0.15, -0.1) is 0 Å². The number of hydrogen-bond acceptors (Lipinski definition) is 2. The Bertz CT molecular complexity index is 94.5. The molecule has 0 aliphatic rings. The molecule has 2 heteroatoms. The predicted molar refractivity (Wildman–Crippen MR) is 64.3 cm³/mol. The minimum atomic E-state index is 1.05. The molecule has 86 valence electrons. The molecule has 14 heavy (non-hydrogen) atoms. The molecule has 0 aliphatic heterocycles. The molecule has 0 heterocycles. The summed E-state index contributed by atoms with van der Waals surface area (Å²) in [5.41, 5.74) is 3.43. The molecule has 0 aliphatic carbocycles. The van der Waals surface area contributed by atoms with Gasteiger partial charge in [0.15, 0.2) is 0 Å². The zero-order chi connectivity index (χ0) is 10.6. The normalized spacial score (nSPS) is 11.1. The van der Waals surface area contributed by atoms with Crippen LogP contribution in [-0.2, 0) is 0 Å². The van der Waals surface area contributed by atoms with Crippen LogP contribution in [0.1, 0.15) is 59.3 Å². The summed E-state index contributed by atoms with van der Waals surface area (Å²) in [6, 6.07) is 0. The third-order valence-corrected chi connectivity index (χ3v) is 2.44. The van der Waals surface area contributed by atoms with Gasteiger partial charge in [0.25, 0.3) is 0 Å². The van der Waals surface area contributed by atoms with E-state index in [1.807, 2.05) is 0 Å². The number of hydrazine groups is 1. The van der Waals surface area contributed by atoms with Crippen molar-refractivity contribution < 1.29 is 0 Å². The Morgan fingerprint density at radius 2 is 1.29 bits per heavy atom. The summed E-state index contributed by atoms with van der Waals surface area (Å²) >= 11 is 0. The number of unbranched alkanes of at least 4 members (excludes halogenated alkanes) is 4. The van der Waals surface area contributed by atoms with E-state index in [0.717, 1.165) is 6.54 Å². The molecule has 0 radical (unpaired) electrons. The zero-order valence-corrected chi connectivity index (χ0v) is 10.3. The van der Waals surface area contributed by atoms with Crippen LogP contribution in [0.3, 0.4) is 0 Å². The molecule has 2 nitrogen and oxygen atoms in total. The van der Waals surface area contributed by atoms with Gasteiger partial charge in [-0.2, -0.15) is 0 Å². The van der Waals surface area contributed by atoms with Crippen LogP contribution in [0.2, 0.25) is 0 Å². The summed E-state index contributed by atoms with van der Waals surface area (Å²) in [6.07, 6.45) is 8.00. The highest BCUT2D eigenvalue weighted by atomic mass is 15.5. The van der Waals surface area contributed by atoms with Crippen molar-refractivity contribution in [1.82, 2.24) is 10.4 Å². The van der Waals surface area contributed by atoms with Crippen LogP contribution in [0, 0.1) is 0 Å². The van der Waals surface area contributed by atoms with Gasteiger partial charge < -0.3 is 0 Å². The Labute approximate surface area is 90.0 Å². The average Bonchev–Trinajstić information content (AvgIpc) is 2.18. The van der Waals surface area contributed by atoms with Crippen molar-refractivity contribution in [3.63, 3.8) is 0 Å². The van der Waals surface area contributed by atoms with Crippen LogP contribution in [0.5, 0.6) is 0 Å². The van der Waals surface area contributed by atoms with E-state index in [4.69, 9.17) is 0 Å². The van der Waals surface area contributed by atoms with E-state index in [-0.39, 0.29) is 0 Å². The van der Waals surface area contributed by atoms with Crippen molar-refractivity contribution in [2.24, 2.45) is 0 Å². The SMILES string of the molecule is CCCCCN(CCCCC)NCC. The maximum Gasteiger partial charge on any atom is 0.0130 e. The third kappa shape index (κ3) is 8.52. The summed E-state index contributed by atoms with van der Waals surface area (Å²) in [6.45, 7) is 10.2. The second-order valence-corrected chi connectivity index (χ2v) is 3.91. The Balaban J connectivity index is 3.44. The fourth-order valence-electron chi connectivity index (χ4n) is 1.60. The highest BCUT2D eigenvalue weighted by Crippen LogP contribution is 2.00. The largest absolute Gasteiger partial charge is 0.255 e. The van der Waals surface area contributed by atoms with Crippen LogP contribution in [-0.4, -0.2) is 24.6 Å². The van der Waals surface area contributed by atoms with E-state index >= 15 is 0 Å². The molecule has 0 saturated heterocycles. The van der Waals surface area contributed by atoms with Gasteiger partial charge in [0.1, 0.15) is 0 Å². The molecule has 0 amide bonds. The smallest absolute Gasteiger partial charge is 0.0130 e. The van der Waals surface area contributed by atoms with Crippen LogP contribution in [0.15, 0.2) is 0 Å². The van der Waals surface area contributed by atoms with E-state index in [9.17, 15) is 0 Å². The van der Waals surface area contributed by atoms with Gasteiger partial charge >= 0.3 is 0 Å². The molecule has 0 fully saturated rings. The van der Waals surface area contributed by atoms with Crippen molar-refractivity contribution in [2.45, 2.75) is 59.3 Å². The first-order valence-electron chi connectivity index (χ1n) is 6.33. The Morgan fingerprint density at radius 3 is 1.64 bits per heavy atom. The fourth-order valence-corrected chi connectivity index (χ4v) is 1.60. The number of hydrogen-bond donors (Lipinski definition) is 1. The van der Waals surface area contributed by atoms with Crippen molar-refractivity contribution in [1.29, 1.82) is 0 Å². The van der Waals surface area contributed by atoms with Crippen LogP contribution in [0.25, 0.3) is 0 Å². The standard InChI is InChI=1S/C12H28N2/c1-4-7-9-11-14(13-6-3)12-10-8-5-2/h13H,4-12H2,1-3H3. The minimum Gasteiger partial charge on any atom is -0.255 e. The van der Waals surface area contributed by atoms with E-state index in [2.05, 4.69) is 31.2 Å². The lowest BCUT2D eigenvalue weighted by molar-refractivity contribution is 0.184. The molecule has 0 rings (SSSR count). The van der Waals surface area contributed by atoms with E-state index in [1.165, 1.54) is 51.6 Å². The highest BCUT2D eigenvalue weighted by molar-refractivity contribution is 4.53. The minimum absolute atomic E-state index is 1.05. The summed E-state index contributed by atoms with van der Waals surface area (Å²) in [5.74, 6) is 0. The van der Waals surface area contributed by atoms with E-state index < -0.39 is 0 Å². The van der Waals surface area contributed by atoms with Crippen molar-refractivity contribution in [3.05, 3.63) is 0 Å². The summed E-state index contributed by atoms with van der Waals surface area (Å²) in [4.78, 5) is 0. The first-order chi connectivity index (χ1) is 6.85. The maximum absolute atomic E-state index is 3.43. The monoisotopic (exact) mass is 200 g/mol. The van der Waals surface area contributed by atoms with Crippen LogP contribution < -0.4 is 5.43 Å². The van der Waals surface area contributed by atoms with Gasteiger partial charge in [-0.1, -0.05) is 46.5 Å². The molecule has 0 spiro atoms. The molecule has 0 saturated carbocycles. The van der Waals surface area contributed by atoms with E-state index in [0.29, 0.717) is 0 Å². The van der Waals surface area contributed by atoms with Crippen LogP contribution in [0.4, 0.5) is 0 Å². The first kappa shape index (κ1) is 13.9. The molecule has 0 bridgehead atoms. The van der Waals surface area contributed by atoms with Gasteiger partial charge in [0.2, 0.25) is 0 Å². The second kappa shape index (κ2) is 11.0. The van der Waals surface area contributed by atoms with Crippen molar-refractivity contribution in [3.8, 4) is 0 Å². The van der Waals surface area contributed by atoms with Crippen molar-refractivity contribution >= 4 is 0 Å². The molecular formula is C12H28N2. The predicted octanol–water partition coefficient (Wildman–Crippen LogP) is 3.19. The molecule has 0 aromatic heterocycles. The summed E-state index contributed by atoms with van der Waals surface area (Å²) in [5, 5.41) is 2.39. The Kier molecular flexibility index (Phi) is 10.9. The highest BCUT2D eigenvalue weighted by Gasteiger charge is 2.01. The number of nitrogens with one attached hydrogen (secondary N) is 1. The molecule has 0 unspecified atom stereocenters. The fraction of sp³-hybridized carbons (Fsp3) is 1.00. The summed E-state index contributed by atoms with van der Waals surface area (Å²) in [7, 11) is 0. The lowest BCUT2D eigenvalue weighted by Gasteiger charge is -2.22. The van der Waals surface area contributed by atoms with Gasteiger partial charge in [-0.3, -0.25) is 5.43 Å². The quantitative estimate of drug-likeness (QED) is 0.430.